The Balaban J connectivity index is 2.25. The van der Waals surface area contributed by atoms with Gasteiger partial charge in [-0.15, -0.1) is 11.3 Å². The maximum Gasteiger partial charge on any atom is 0.0963 e. The summed E-state index contributed by atoms with van der Waals surface area (Å²) in [7, 11) is 2.10. The first-order valence-electron chi connectivity index (χ1n) is 5.82. The highest BCUT2D eigenvalue weighted by atomic mass is 32.1. The van der Waals surface area contributed by atoms with E-state index in [0.717, 1.165) is 31.6 Å². The Morgan fingerprint density at radius 1 is 1.59 bits per heavy atom. The van der Waals surface area contributed by atoms with Gasteiger partial charge in [0.15, 0.2) is 0 Å². The lowest BCUT2D eigenvalue weighted by atomic mass is 9.86. The molecule has 3 N–H and O–H groups in total. The molecule has 0 spiro atoms. The second-order valence-corrected chi connectivity index (χ2v) is 5.84. The van der Waals surface area contributed by atoms with Crippen LogP contribution in [-0.2, 0) is 6.54 Å². The van der Waals surface area contributed by atoms with Gasteiger partial charge in [-0.2, -0.15) is 0 Å². The second kappa shape index (κ2) is 6.12. The van der Waals surface area contributed by atoms with Crippen molar-refractivity contribution < 1.29 is 0 Å². The zero-order valence-corrected chi connectivity index (χ0v) is 11.7. The third-order valence-corrected chi connectivity index (χ3v) is 3.62. The fourth-order valence-electron chi connectivity index (χ4n) is 1.60. The molecule has 0 aliphatic carbocycles. The molecule has 1 aromatic rings. The number of nitrogens with zero attached hydrogens (tertiary/aromatic N) is 2. The average molecular weight is 254 g/mol. The Kier molecular flexibility index (Phi) is 5.08. The number of thiazole rings is 1. The molecule has 0 atom stereocenters. The molecule has 0 fully saturated rings. The number of nitrogens with two attached hydrogens (primary N) is 1. The minimum atomic E-state index is -0.179. The van der Waals surface area contributed by atoms with E-state index in [0.29, 0.717) is 0 Å². The predicted octanol–water partition coefficient (Wildman–Crippen LogP) is 2.32. The molecular weight excluding hydrogens is 232 g/mol. The maximum absolute atomic E-state index is 7.50. The molecular formula is C12H22N4S. The van der Waals surface area contributed by atoms with Crippen LogP contribution in [0.3, 0.4) is 0 Å². The van der Waals surface area contributed by atoms with Gasteiger partial charge in [-0.1, -0.05) is 13.8 Å². The fraction of sp³-hybridized carbons (Fsp3) is 0.667. The summed E-state index contributed by atoms with van der Waals surface area (Å²) in [5.74, 6) is 0.277. The van der Waals surface area contributed by atoms with Crippen LogP contribution in [0.1, 0.15) is 32.4 Å². The summed E-state index contributed by atoms with van der Waals surface area (Å²) in [5, 5.41) is 9.58. The van der Waals surface area contributed by atoms with Gasteiger partial charge in [-0.25, -0.2) is 4.98 Å². The van der Waals surface area contributed by atoms with Crippen LogP contribution >= 0.6 is 11.3 Å². The van der Waals surface area contributed by atoms with Gasteiger partial charge in [0.25, 0.3) is 0 Å². The fourth-order valence-corrected chi connectivity index (χ4v) is 2.15. The standard InChI is InChI=1S/C12H22N4S/c1-12(2,11(13)14)5-4-6-16(3)7-10-8-17-9-15-10/h8-9H,4-7H2,1-3H3,(H3,13,14). The molecule has 0 saturated heterocycles. The Morgan fingerprint density at radius 2 is 2.29 bits per heavy atom. The third-order valence-electron chi connectivity index (χ3n) is 2.99. The van der Waals surface area contributed by atoms with E-state index in [1.807, 2.05) is 19.4 Å². The second-order valence-electron chi connectivity index (χ2n) is 5.12. The number of hydrogen-bond donors (Lipinski definition) is 2. The van der Waals surface area contributed by atoms with Gasteiger partial charge in [0.1, 0.15) is 0 Å². The molecule has 0 aliphatic rings. The van der Waals surface area contributed by atoms with Crippen molar-refractivity contribution >= 4 is 17.2 Å². The summed E-state index contributed by atoms with van der Waals surface area (Å²) in [6.45, 7) is 5.95. The molecule has 0 amide bonds. The van der Waals surface area contributed by atoms with Gasteiger partial charge in [-0.05, 0) is 26.4 Å². The van der Waals surface area contributed by atoms with Gasteiger partial charge in [0, 0.05) is 17.3 Å². The number of aromatic nitrogens is 1. The van der Waals surface area contributed by atoms with Gasteiger partial charge in [0.05, 0.1) is 17.0 Å². The molecule has 0 aromatic carbocycles. The number of amidine groups is 1. The van der Waals surface area contributed by atoms with E-state index >= 15 is 0 Å². The van der Waals surface area contributed by atoms with Crippen molar-refractivity contribution in [3.8, 4) is 0 Å². The Morgan fingerprint density at radius 3 is 2.82 bits per heavy atom. The van der Waals surface area contributed by atoms with E-state index in [1.165, 1.54) is 0 Å². The van der Waals surface area contributed by atoms with Crippen LogP contribution in [0.15, 0.2) is 10.9 Å². The minimum Gasteiger partial charge on any atom is -0.387 e. The normalized spacial score (nSPS) is 12.0. The lowest BCUT2D eigenvalue weighted by Crippen LogP contribution is -2.31. The first-order chi connectivity index (χ1) is 7.92. The highest BCUT2D eigenvalue weighted by molar-refractivity contribution is 7.07. The van der Waals surface area contributed by atoms with E-state index < -0.39 is 0 Å². The molecule has 0 aliphatic heterocycles. The van der Waals surface area contributed by atoms with Gasteiger partial charge in [-0.3, -0.25) is 5.41 Å². The molecule has 1 rings (SSSR count). The van der Waals surface area contributed by atoms with Crippen molar-refractivity contribution in [2.75, 3.05) is 13.6 Å². The topological polar surface area (TPSA) is 66.0 Å². The van der Waals surface area contributed by atoms with Crippen LogP contribution in [0, 0.1) is 10.8 Å². The molecule has 1 heterocycles. The number of nitrogens with one attached hydrogen (secondary N) is 1. The predicted molar refractivity (Wildman–Crippen MR) is 73.4 cm³/mol. The molecule has 4 nitrogen and oxygen atoms in total. The first kappa shape index (κ1) is 14.1. The van der Waals surface area contributed by atoms with Gasteiger partial charge < -0.3 is 10.6 Å². The summed E-state index contributed by atoms with van der Waals surface area (Å²) < 4.78 is 0. The van der Waals surface area contributed by atoms with Gasteiger partial charge >= 0.3 is 0 Å². The van der Waals surface area contributed by atoms with Crippen LogP contribution in [0.2, 0.25) is 0 Å². The van der Waals surface area contributed by atoms with Crippen molar-refractivity contribution in [3.05, 3.63) is 16.6 Å². The van der Waals surface area contributed by atoms with Gasteiger partial charge in [0.2, 0.25) is 0 Å². The van der Waals surface area contributed by atoms with E-state index in [-0.39, 0.29) is 11.3 Å². The quantitative estimate of drug-likeness (QED) is 0.579. The van der Waals surface area contributed by atoms with Crippen molar-refractivity contribution in [1.29, 1.82) is 5.41 Å². The lowest BCUT2D eigenvalue weighted by molar-refractivity contribution is 0.298. The Bertz CT molecular complexity index is 345. The van der Waals surface area contributed by atoms with E-state index in [9.17, 15) is 0 Å². The summed E-state index contributed by atoms with van der Waals surface area (Å²) in [5.41, 5.74) is 8.37. The molecule has 1 aromatic heterocycles. The minimum absolute atomic E-state index is 0.179. The first-order valence-corrected chi connectivity index (χ1v) is 6.76. The molecule has 0 unspecified atom stereocenters. The van der Waals surface area contributed by atoms with Crippen molar-refractivity contribution in [2.45, 2.75) is 33.2 Å². The molecule has 5 heteroatoms. The van der Waals surface area contributed by atoms with Crippen LogP contribution < -0.4 is 5.73 Å². The summed E-state index contributed by atoms with van der Waals surface area (Å²) in [6.07, 6.45) is 2.00. The van der Waals surface area contributed by atoms with Crippen LogP contribution in [0.5, 0.6) is 0 Å². The van der Waals surface area contributed by atoms with Crippen LogP contribution in [0.4, 0.5) is 0 Å². The Hall–Kier alpha value is -0.940. The SMILES string of the molecule is CN(CCCC(C)(C)C(=N)N)Cc1cscn1. The van der Waals surface area contributed by atoms with Crippen LogP contribution in [0.25, 0.3) is 0 Å². The van der Waals surface area contributed by atoms with Crippen LogP contribution in [-0.4, -0.2) is 29.3 Å². The molecule has 0 radical (unpaired) electrons. The highest BCUT2D eigenvalue weighted by Crippen LogP contribution is 2.21. The van der Waals surface area contributed by atoms with Crippen molar-refractivity contribution in [1.82, 2.24) is 9.88 Å². The summed E-state index contributed by atoms with van der Waals surface area (Å²) in [4.78, 5) is 6.52. The maximum atomic E-state index is 7.50. The molecule has 0 saturated carbocycles. The average Bonchev–Trinajstić information content (AvgIpc) is 2.69. The number of hydrogen-bond acceptors (Lipinski definition) is 4. The molecule has 17 heavy (non-hydrogen) atoms. The monoisotopic (exact) mass is 254 g/mol. The highest BCUT2D eigenvalue weighted by Gasteiger charge is 2.20. The molecule has 96 valence electrons. The van der Waals surface area contributed by atoms with Crippen molar-refractivity contribution in [2.24, 2.45) is 11.1 Å². The summed E-state index contributed by atoms with van der Waals surface area (Å²) in [6, 6.07) is 0. The van der Waals surface area contributed by atoms with Crippen molar-refractivity contribution in [3.63, 3.8) is 0 Å². The smallest absolute Gasteiger partial charge is 0.0963 e. The summed E-state index contributed by atoms with van der Waals surface area (Å²) >= 11 is 1.63. The van der Waals surface area contributed by atoms with E-state index in [1.54, 1.807) is 11.3 Å². The lowest BCUT2D eigenvalue weighted by Gasteiger charge is -2.24. The van der Waals surface area contributed by atoms with E-state index in [2.05, 4.69) is 22.3 Å². The molecule has 0 bridgehead atoms. The van der Waals surface area contributed by atoms with E-state index in [4.69, 9.17) is 11.1 Å². The zero-order chi connectivity index (χ0) is 12.9. The number of rotatable bonds is 7. The third kappa shape index (κ3) is 4.83. The zero-order valence-electron chi connectivity index (χ0n) is 10.9. The largest absolute Gasteiger partial charge is 0.387 e. The Labute approximate surface area is 107 Å².